The van der Waals surface area contributed by atoms with E-state index in [9.17, 15) is 0 Å². The molecule has 4 nitrogen and oxygen atoms in total. The number of aromatic amines is 1. The van der Waals surface area contributed by atoms with Gasteiger partial charge in [0.2, 0.25) is 0 Å². The lowest BCUT2D eigenvalue weighted by atomic mass is 9.67. The molecular formula is C43H34N4. The number of rotatable bonds is 4. The number of nitrogens with one attached hydrogen (secondary N) is 1. The van der Waals surface area contributed by atoms with E-state index in [1.807, 2.05) is 19.2 Å². The molecule has 1 N–H and O–H groups in total. The van der Waals surface area contributed by atoms with Crippen molar-refractivity contribution >= 4 is 17.1 Å². The number of nitrogens with zero attached hydrogens (tertiary/aromatic N) is 3. The van der Waals surface area contributed by atoms with Gasteiger partial charge in [0, 0.05) is 28.6 Å². The van der Waals surface area contributed by atoms with E-state index in [4.69, 9.17) is 4.98 Å². The highest BCUT2D eigenvalue weighted by Gasteiger charge is 2.48. The van der Waals surface area contributed by atoms with E-state index in [-0.39, 0.29) is 5.41 Å². The van der Waals surface area contributed by atoms with Crippen LogP contribution in [0.3, 0.4) is 0 Å². The van der Waals surface area contributed by atoms with E-state index in [1.54, 1.807) is 0 Å². The van der Waals surface area contributed by atoms with Crippen molar-refractivity contribution in [3.05, 3.63) is 185 Å². The van der Waals surface area contributed by atoms with Crippen LogP contribution in [0.4, 0.5) is 17.1 Å². The van der Waals surface area contributed by atoms with Gasteiger partial charge in [-0.3, -0.25) is 10.1 Å². The van der Waals surface area contributed by atoms with Crippen molar-refractivity contribution in [2.75, 3.05) is 4.90 Å². The lowest BCUT2D eigenvalue weighted by Gasteiger charge is -2.43. The van der Waals surface area contributed by atoms with Crippen molar-refractivity contribution in [1.29, 1.82) is 0 Å². The van der Waals surface area contributed by atoms with E-state index >= 15 is 0 Å². The summed E-state index contributed by atoms with van der Waals surface area (Å²) >= 11 is 0. The van der Waals surface area contributed by atoms with Gasteiger partial charge in [-0.05, 0) is 88.3 Å². The Morgan fingerprint density at radius 1 is 0.596 bits per heavy atom. The number of fused-ring (bicyclic) bond motifs is 5. The van der Waals surface area contributed by atoms with E-state index in [2.05, 4.69) is 162 Å². The molecule has 3 heterocycles. The normalized spacial score (nSPS) is 15.0. The number of pyridine rings is 1. The topological polar surface area (TPSA) is 44.8 Å². The summed E-state index contributed by atoms with van der Waals surface area (Å²) in [4.78, 5) is 7.53. The summed E-state index contributed by atoms with van der Waals surface area (Å²) in [5, 5.41) is 7.70. The lowest BCUT2D eigenvalue weighted by Crippen LogP contribution is -2.33. The maximum atomic E-state index is 5.08. The van der Waals surface area contributed by atoms with Gasteiger partial charge in [0.25, 0.3) is 0 Å². The Kier molecular flexibility index (Phi) is 5.94. The van der Waals surface area contributed by atoms with Crippen LogP contribution >= 0.6 is 0 Å². The second kappa shape index (κ2) is 10.1. The fourth-order valence-corrected chi connectivity index (χ4v) is 8.15. The van der Waals surface area contributed by atoms with E-state index < -0.39 is 5.41 Å². The quantitative estimate of drug-likeness (QED) is 0.217. The molecule has 0 spiro atoms. The molecule has 0 saturated carbocycles. The standard InChI is InChI=1S/C43H34N4/c1-28-25-38(46-45-28)29-13-12-14-31(26-29)47-39-20-9-8-19-36(39)42(2,3)37-23-22-30(27-40(37)47)43(41-21-10-11-24-44-41)34-17-6-4-15-32(34)33-16-5-7-18-35(33)43/h4-27H,1-3H3,(H,45,46). The SMILES string of the molecule is Cc1cc(-c2cccc(N3c4ccccc4C(C)(C)c4ccc(C5(c6ccccn6)c6ccccc6-c6ccccc65)cc43)c2)n[nH]1. The second-order valence-electron chi connectivity index (χ2n) is 13.3. The Balaban J connectivity index is 1.35. The molecule has 0 atom stereocenters. The summed E-state index contributed by atoms with van der Waals surface area (Å²) in [5.74, 6) is 0. The van der Waals surface area contributed by atoms with Crippen LogP contribution in [-0.4, -0.2) is 15.2 Å². The first-order valence-electron chi connectivity index (χ1n) is 16.3. The molecule has 7 aromatic rings. The molecule has 4 heteroatoms. The number of benzene rings is 5. The molecule has 0 fully saturated rings. The minimum absolute atomic E-state index is 0.207. The van der Waals surface area contributed by atoms with Crippen LogP contribution in [0.25, 0.3) is 22.4 Å². The number of aromatic nitrogens is 3. The van der Waals surface area contributed by atoms with Crippen molar-refractivity contribution in [3.8, 4) is 22.4 Å². The third-order valence-corrected chi connectivity index (χ3v) is 10.3. The fraction of sp³-hybridized carbons (Fsp3) is 0.116. The molecule has 0 amide bonds. The van der Waals surface area contributed by atoms with Gasteiger partial charge in [0.1, 0.15) is 0 Å². The van der Waals surface area contributed by atoms with Crippen LogP contribution < -0.4 is 4.90 Å². The maximum absolute atomic E-state index is 5.08. The van der Waals surface area contributed by atoms with Crippen molar-refractivity contribution in [1.82, 2.24) is 15.2 Å². The van der Waals surface area contributed by atoms with Crippen molar-refractivity contribution in [2.45, 2.75) is 31.6 Å². The molecule has 1 aliphatic carbocycles. The predicted octanol–water partition coefficient (Wildman–Crippen LogP) is 10.3. The molecule has 47 heavy (non-hydrogen) atoms. The molecule has 0 radical (unpaired) electrons. The van der Waals surface area contributed by atoms with Gasteiger partial charge in [-0.25, -0.2) is 0 Å². The van der Waals surface area contributed by atoms with Crippen LogP contribution in [0, 0.1) is 6.92 Å². The number of para-hydroxylation sites is 1. The first-order valence-corrected chi connectivity index (χ1v) is 16.3. The van der Waals surface area contributed by atoms with Crippen LogP contribution in [0.2, 0.25) is 0 Å². The van der Waals surface area contributed by atoms with Gasteiger partial charge in [-0.2, -0.15) is 5.10 Å². The molecule has 0 saturated heterocycles. The second-order valence-corrected chi connectivity index (χ2v) is 13.3. The first-order chi connectivity index (χ1) is 23.0. The van der Waals surface area contributed by atoms with Gasteiger partial charge < -0.3 is 4.90 Å². The number of H-pyrrole nitrogens is 1. The largest absolute Gasteiger partial charge is 0.310 e. The maximum Gasteiger partial charge on any atom is 0.0924 e. The average molecular weight is 607 g/mol. The van der Waals surface area contributed by atoms with Crippen LogP contribution in [0.15, 0.2) is 146 Å². The number of anilines is 3. The van der Waals surface area contributed by atoms with Crippen LogP contribution in [-0.2, 0) is 10.8 Å². The van der Waals surface area contributed by atoms with Gasteiger partial charge in [0.15, 0.2) is 0 Å². The summed E-state index contributed by atoms with van der Waals surface area (Å²) in [6.07, 6.45) is 1.92. The number of hydrogen-bond acceptors (Lipinski definition) is 3. The van der Waals surface area contributed by atoms with E-state index in [0.29, 0.717) is 0 Å². The Morgan fingerprint density at radius 3 is 1.98 bits per heavy atom. The van der Waals surface area contributed by atoms with Crippen molar-refractivity contribution < 1.29 is 0 Å². The van der Waals surface area contributed by atoms with Gasteiger partial charge in [-0.1, -0.05) is 111 Å². The molecule has 1 aliphatic heterocycles. The molecule has 0 unspecified atom stereocenters. The molecule has 5 aromatic carbocycles. The third-order valence-electron chi connectivity index (χ3n) is 10.3. The van der Waals surface area contributed by atoms with Gasteiger partial charge >= 0.3 is 0 Å². The van der Waals surface area contributed by atoms with Crippen LogP contribution in [0.5, 0.6) is 0 Å². The first kappa shape index (κ1) is 27.6. The van der Waals surface area contributed by atoms with E-state index in [1.165, 1.54) is 50.3 Å². The molecule has 2 aliphatic rings. The Hall–Kier alpha value is -5.74. The Labute approximate surface area is 275 Å². The molecule has 0 bridgehead atoms. The third kappa shape index (κ3) is 3.88. The zero-order valence-electron chi connectivity index (χ0n) is 26.7. The summed E-state index contributed by atoms with van der Waals surface area (Å²) in [6.45, 7) is 6.73. The van der Waals surface area contributed by atoms with Crippen molar-refractivity contribution in [3.63, 3.8) is 0 Å². The number of hydrogen-bond donors (Lipinski definition) is 1. The van der Waals surface area contributed by atoms with E-state index in [0.717, 1.165) is 28.3 Å². The Bertz CT molecular complexity index is 2270. The lowest BCUT2D eigenvalue weighted by molar-refractivity contribution is 0.629. The van der Waals surface area contributed by atoms with Crippen LogP contribution in [0.1, 0.15) is 53.1 Å². The fourth-order valence-electron chi connectivity index (χ4n) is 8.15. The summed E-state index contributed by atoms with van der Waals surface area (Å²) in [6, 6.07) is 50.8. The minimum Gasteiger partial charge on any atom is -0.310 e. The van der Waals surface area contributed by atoms with Gasteiger partial charge in [0.05, 0.1) is 28.2 Å². The Morgan fingerprint density at radius 2 is 1.28 bits per heavy atom. The van der Waals surface area contributed by atoms with Crippen molar-refractivity contribution in [2.24, 2.45) is 0 Å². The highest BCUT2D eigenvalue weighted by molar-refractivity contribution is 5.90. The van der Waals surface area contributed by atoms with Gasteiger partial charge in [-0.15, -0.1) is 0 Å². The molecular weight excluding hydrogens is 573 g/mol. The summed E-state index contributed by atoms with van der Waals surface area (Å²) in [7, 11) is 0. The zero-order chi connectivity index (χ0) is 31.8. The highest BCUT2D eigenvalue weighted by atomic mass is 15.2. The molecule has 226 valence electrons. The monoisotopic (exact) mass is 606 g/mol. The minimum atomic E-state index is -0.579. The zero-order valence-corrected chi connectivity index (χ0v) is 26.7. The summed E-state index contributed by atoms with van der Waals surface area (Å²) < 4.78 is 0. The predicted molar refractivity (Wildman–Crippen MR) is 191 cm³/mol. The average Bonchev–Trinajstić information content (AvgIpc) is 3.68. The smallest absolute Gasteiger partial charge is 0.0924 e. The molecule has 9 rings (SSSR count). The number of aryl methyl sites for hydroxylation is 1. The highest BCUT2D eigenvalue weighted by Crippen LogP contribution is 2.58. The molecule has 2 aromatic heterocycles. The summed E-state index contributed by atoms with van der Waals surface area (Å²) in [5.41, 5.74) is 15.6.